The fraction of sp³-hybridized carbons (Fsp3) is 0.100. The molecule has 2 rings (SSSR count). The van der Waals surface area contributed by atoms with Gasteiger partial charge in [-0.05, 0) is 19.1 Å². The minimum Gasteiger partial charge on any atom is -0.298 e. The first-order valence-electron chi connectivity index (χ1n) is 3.86. The number of thiophene rings is 1. The molecule has 0 radical (unpaired) electrons. The Hall–Kier alpha value is -0.670. The van der Waals surface area contributed by atoms with Crippen LogP contribution < -0.4 is 0 Å². The zero-order valence-electron chi connectivity index (χ0n) is 7.00. The third kappa shape index (κ3) is 1.42. The second-order valence-corrected chi connectivity index (χ2v) is 5.00. The molecule has 1 aromatic carbocycles. The van der Waals surface area contributed by atoms with Gasteiger partial charge in [0.05, 0.1) is 0 Å². The Bertz CT molecular complexity index is 473. The van der Waals surface area contributed by atoms with Crippen molar-refractivity contribution in [3.8, 4) is 0 Å². The SMILES string of the molecule is Cc1sc2cc(Br)ccc2c1C=O. The minimum atomic E-state index is 0.826. The number of rotatable bonds is 1. The Labute approximate surface area is 88.5 Å². The summed E-state index contributed by atoms with van der Waals surface area (Å²) in [6.07, 6.45) is 0.933. The Balaban J connectivity index is 2.86. The highest BCUT2D eigenvalue weighted by molar-refractivity contribution is 9.10. The first-order valence-corrected chi connectivity index (χ1v) is 5.47. The first kappa shape index (κ1) is 8.91. The van der Waals surface area contributed by atoms with Gasteiger partial charge >= 0.3 is 0 Å². The number of aldehydes is 1. The smallest absolute Gasteiger partial charge is 0.151 e. The van der Waals surface area contributed by atoms with Crippen LogP contribution >= 0.6 is 27.3 Å². The molecule has 0 aliphatic carbocycles. The highest BCUT2D eigenvalue weighted by Gasteiger charge is 2.07. The quantitative estimate of drug-likeness (QED) is 0.708. The van der Waals surface area contributed by atoms with Crippen LogP contribution in [0.5, 0.6) is 0 Å². The van der Waals surface area contributed by atoms with Crippen molar-refractivity contribution in [1.82, 2.24) is 0 Å². The number of carbonyl (C=O) groups excluding carboxylic acids is 1. The first-order chi connectivity index (χ1) is 6.22. The predicted octanol–water partition coefficient (Wildman–Crippen LogP) is 3.78. The number of fused-ring (bicyclic) bond motifs is 1. The van der Waals surface area contributed by atoms with Gasteiger partial charge in [0.2, 0.25) is 0 Å². The summed E-state index contributed by atoms with van der Waals surface area (Å²) in [5, 5.41) is 1.06. The van der Waals surface area contributed by atoms with Crippen molar-refractivity contribution in [3.05, 3.63) is 33.1 Å². The van der Waals surface area contributed by atoms with Crippen molar-refractivity contribution in [2.24, 2.45) is 0 Å². The molecule has 1 aromatic heterocycles. The fourth-order valence-electron chi connectivity index (χ4n) is 1.36. The van der Waals surface area contributed by atoms with Crippen LogP contribution in [0.4, 0.5) is 0 Å². The molecule has 0 fully saturated rings. The van der Waals surface area contributed by atoms with Crippen LogP contribution in [0.2, 0.25) is 0 Å². The number of carbonyl (C=O) groups is 1. The van der Waals surface area contributed by atoms with E-state index < -0.39 is 0 Å². The van der Waals surface area contributed by atoms with Crippen molar-refractivity contribution in [1.29, 1.82) is 0 Å². The van der Waals surface area contributed by atoms with Crippen LogP contribution in [0, 0.1) is 6.92 Å². The third-order valence-electron chi connectivity index (χ3n) is 1.99. The highest BCUT2D eigenvalue weighted by Crippen LogP contribution is 2.31. The Morgan fingerprint density at radius 1 is 1.46 bits per heavy atom. The van der Waals surface area contributed by atoms with Crippen LogP contribution in [0.1, 0.15) is 15.2 Å². The predicted molar refractivity (Wildman–Crippen MR) is 59.6 cm³/mol. The largest absolute Gasteiger partial charge is 0.298 e. The van der Waals surface area contributed by atoms with E-state index in [1.54, 1.807) is 11.3 Å². The summed E-state index contributed by atoms with van der Waals surface area (Å²) in [5.41, 5.74) is 0.826. The summed E-state index contributed by atoms with van der Waals surface area (Å²) < 4.78 is 2.22. The lowest BCUT2D eigenvalue weighted by Gasteiger charge is -1.91. The van der Waals surface area contributed by atoms with Gasteiger partial charge in [-0.25, -0.2) is 0 Å². The van der Waals surface area contributed by atoms with Crippen molar-refractivity contribution < 1.29 is 4.79 Å². The van der Waals surface area contributed by atoms with Gasteiger partial charge in [-0.2, -0.15) is 0 Å². The second-order valence-electron chi connectivity index (χ2n) is 2.83. The Morgan fingerprint density at radius 2 is 2.23 bits per heavy atom. The summed E-state index contributed by atoms with van der Waals surface area (Å²) in [7, 11) is 0. The summed E-state index contributed by atoms with van der Waals surface area (Å²) in [4.78, 5) is 11.9. The van der Waals surface area contributed by atoms with Gasteiger partial charge in [0, 0.05) is 25.0 Å². The van der Waals surface area contributed by atoms with Crippen LogP contribution in [0.25, 0.3) is 10.1 Å². The van der Waals surface area contributed by atoms with E-state index in [2.05, 4.69) is 15.9 Å². The van der Waals surface area contributed by atoms with Gasteiger partial charge in [-0.15, -0.1) is 11.3 Å². The van der Waals surface area contributed by atoms with E-state index in [1.165, 1.54) is 0 Å². The molecule has 13 heavy (non-hydrogen) atoms. The Morgan fingerprint density at radius 3 is 2.92 bits per heavy atom. The van der Waals surface area contributed by atoms with Crippen LogP contribution in [-0.4, -0.2) is 6.29 Å². The van der Waals surface area contributed by atoms with Gasteiger partial charge in [-0.1, -0.05) is 22.0 Å². The zero-order chi connectivity index (χ0) is 9.42. The van der Waals surface area contributed by atoms with E-state index in [4.69, 9.17) is 0 Å². The second kappa shape index (κ2) is 3.24. The molecule has 1 nitrogen and oxygen atoms in total. The molecule has 0 spiro atoms. The molecule has 1 heterocycles. The Kier molecular flexibility index (Phi) is 2.22. The number of halogens is 1. The lowest BCUT2D eigenvalue weighted by atomic mass is 10.1. The molecule has 3 heteroatoms. The molecule has 0 atom stereocenters. The summed E-state index contributed by atoms with van der Waals surface area (Å²) >= 11 is 5.06. The van der Waals surface area contributed by atoms with E-state index in [-0.39, 0.29) is 0 Å². The van der Waals surface area contributed by atoms with Crippen molar-refractivity contribution in [3.63, 3.8) is 0 Å². The maximum Gasteiger partial charge on any atom is 0.151 e. The standard InChI is InChI=1S/C10H7BrOS/c1-6-9(5-12)8-3-2-7(11)4-10(8)13-6/h2-5H,1H3. The van der Waals surface area contributed by atoms with Crippen LogP contribution in [0.15, 0.2) is 22.7 Å². The minimum absolute atomic E-state index is 0.826. The monoisotopic (exact) mass is 254 g/mol. The lowest BCUT2D eigenvalue weighted by Crippen LogP contribution is -1.77. The summed E-state index contributed by atoms with van der Waals surface area (Å²) in [6.45, 7) is 1.97. The van der Waals surface area contributed by atoms with Gasteiger partial charge in [0.25, 0.3) is 0 Å². The number of hydrogen-bond acceptors (Lipinski definition) is 2. The molecule has 0 aliphatic heterocycles. The van der Waals surface area contributed by atoms with Crippen LogP contribution in [0.3, 0.4) is 0 Å². The maximum absolute atomic E-state index is 10.8. The van der Waals surface area contributed by atoms with Gasteiger partial charge in [-0.3, -0.25) is 4.79 Å². The topological polar surface area (TPSA) is 17.1 Å². The van der Waals surface area contributed by atoms with E-state index in [0.29, 0.717) is 0 Å². The van der Waals surface area contributed by atoms with Crippen molar-refractivity contribution in [2.75, 3.05) is 0 Å². The third-order valence-corrected chi connectivity index (χ3v) is 3.57. The van der Waals surface area contributed by atoms with Gasteiger partial charge in [0.1, 0.15) is 0 Å². The molecule has 0 saturated heterocycles. The average molecular weight is 255 g/mol. The molecule has 0 unspecified atom stereocenters. The van der Waals surface area contributed by atoms with Crippen molar-refractivity contribution >= 4 is 43.6 Å². The molecule has 0 bridgehead atoms. The molecule has 2 aromatic rings. The summed E-state index contributed by atoms with van der Waals surface area (Å²) in [6, 6.07) is 5.98. The normalized spacial score (nSPS) is 10.6. The van der Waals surface area contributed by atoms with E-state index in [1.807, 2.05) is 25.1 Å². The highest BCUT2D eigenvalue weighted by atomic mass is 79.9. The maximum atomic E-state index is 10.8. The van der Waals surface area contributed by atoms with E-state index in [0.717, 1.165) is 31.3 Å². The molecular formula is C10H7BrOS. The molecule has 0 saturated carbocycles. The molecule has 66 valence electrons. The van der Waals surface area contributed by atoms with Gasteiger partial charge in [0.15, 0.2) is 6.29 Å². The molecule has 0 aliphatic rings. The van der Waals surface area contributed by atoms with Gasteiger partial charge < -0.3 is 0 Å². The van der Waals surface area contributed by atoms with E-state index in [9.17, 15) is 4.79 Å². The number of hydrogen-bond donors (Lipinski definition) is 0. The zero-order valence-corrected chi connectivity index (χ0v) is 9.41. The lowest BCUT2D eigenvalue weighted by molar-refractivity contribution is 0.112. The number of benzene rings is 1. The molecule has 0 amide bonds. The van der Waals surface area contributed by atoms with E-state index >= 15 is 0 Å². The fourth-order valence-corrected chi connectivity index (χ4v) is 2.94. The average Bonchev–Trinajstić information content (AvgIpc) is 2.39. The molecule has 0 N–H and O–H groups in total. The van der Waals surface area contributed by atoms with Crippen LogP contribution in [-0.2, 0) is 0 Å². The molecular weight excluding hydrogens is 248 g/mol. The summed E-state index contributed by atoms with van der Waals surface area (Å²) in [5.74, 6) is 0. The number of aryl methyl sites for hydroxylation is 1. The van der Waals surface area contributed by atoms with Crippen molar-refractivity contribution in [2.45, 2.75) is 6.92 Å².